The van der Waals surface area contributed by atoms with Crippen LogP contribution in [0.15, 0.2) is 23.8 Å². The first-order valence-corrected chi connectivity index (χ1v) is 7.42. The monoisotopic (exact) mass is 316 g/mol. The van der Waals surface area contributed by atoms with Crippen molar-refractivity contribution in [2.24, 2.45) is 0 Å². The number of unbranched alkanes of at least 4 members (excludes halogenated alkanes) is 1. The molecule has 1 aromatic rings. The number of rotatable bonds is 9. The van der Waals surface area contributed by atoms with Crippen molar-refractivity contribution in [2.45, 2.75) is 46.2 Å². The van der Waals surface area contributed by atoms with Gasteiger partial charge in [0.15, 0.2) is 11.5 Å². The smallest absolute Gasteiger partial charge is 0.204 e. The van der Waals surface area contributed by atoms with Crippen LogP contribution in [0.2, 0.25) is 0 Å². The number of hydrogen-bond acceptors (Lipinski definition) is 2. The highest BCUT2D eigenvalue weighted by atomic mass is 19.2. The van der Waals surface area contributed by atoms with Gasteiger partial charge in [-0.3, -0.25) is 0 Å². The van der Waals surface area contributed by atoms with Gasteiger partial charge in [-0.1, -0.05) is 11.6 Å². The number of hydrogen-bond donors (Lipinski definition) is 0. The summed E-state index contributed by atoms with van der Waals surface area (Å²) in [4.78, 5) is 0. The Morgan fingerprint density at radius 2 is 1.64 bits per heavy atom. The van der Waals surface area contributed by atoms with E-state index in [4.69, 9.17) is 9.47 Å². The second-order valence-electron chi connectivity index (χ2n) is 5.38. The molecule has 1 atom stereocenters. The molecule has 0 N–H and O–H groups in total. The third-order valence-corrected chi connectivity index (χ3v) is 2.94. The van der Waals surface area contributed by atoms with Crippen LogP contribution >= 0.6 is 0 Å². The van der Waals surface area contributed by atoms with Crippen molar-refractivity contribution in [2.75, 3.05) is 13.2 Å². The van der Waals surface area contributed by atoms with Gasteiger partial charge in [-0.2, -0.15) is 8.78 Å². The molecule has 0 aliphatic rings. The number of alkyl halides is 1. The van der Waals surface area contributed by atoms with E-state index in [9.17, 15) is 13.2 Å². The zero-order chi connectivity index (χ0) is 16.5. The van der Waals surface area contributed by atoms with E-state index in [0.717, 1.165) is 12.8 Å². The molecule has 2 nitrogen and oxygen atoms in total. The maximum atomic E-state index is 13.8. The summed E-state index contributed by atoms with van der Waals surface area (Å²) in [5, 5.41) is 0. The molecule has 5 heteroatoms. The number of benzene rings is 1. The van der Waals surface area contributed by atoms with Gasteiger partial charge in [-0.15, -0.1) is 0 Å². The third kappa shape index (κ3) is 6.41. The fraction of sp³-hybridized carbons (Fsp3) is 0.529. The van der Waals surface area contributed by atoms with Gasteiger partial charge < -0.3 is 9.47 Å². The summed E-state index contributed by atoms with van der Waals surface area (Å²) in [6, 6.07) is 2.63. The van der Waals surface area contributed by atoms with Crippen molar-refractivity contribution in [3.05, 3.63) is 35.4 Å². The molecule has 1 aromatic carbocycles. The average Bonchev–Trinajstić information content (AvgIpc) is 2.44. The molecule has 0 saturated heterocycles. The summed E-state index contributed by atoms with van der Waals surface area (Å²) in [6.45, 7) is 5.68. The molecule has 0 bridgehead atoms. The van der Waals surface area contributed by atoms with Crippen LogP contribution in [0.4, 0.5) is 13.2 Å². The lowest BCUT2D eigenvalue weighted by Crippen LogP contribution is -2.06. The zero-order valence-electron chi connectivity index (χ0n) is 13.3. The molecule has 0 heterocycles. The van der Waals surface area contributed by atoms with Crippen LogP contribution in [0.5, 0.6) is 11.5 Å². The molecule has 124 valence electrons. The van der Waals surface area contributed by atoms with Crippen molar-refractivity contribution >= 4 is 0 Å². The molecule has 0 aliphatic heterocycles. The minimum absolute atomic E-state index is 0.00304. The fourth-order valence-electron chi connectivity index (χ4n) is 1.72. The molecule has 1 unspecified atom stereocenters. The Kier molecular flexibility index (Phi) is 7.85. The van der Waals surface area contributed by atoms with Crippen molar-refractivity contribution in [1.82, 2.24) is 0 Å². The Bertz CT molecular complexity index is 495. The van der Waals surface area contributed by atoms with Crippen molar-refractivity contribution in [3.8, 4) is 11.5 Å². The predicted molar refractivity (Wildman–Crippen MR) is 81.2 cm³/mol. The van der Waals surface area contributed by atoms with Crippen LogP contribution in [0, 0.1) is 11.6 Å². The minimum Gasteiger partial charge on any atom is -0.490 e. The third-order valence-electron chi connectivity index (χ3n) is 2.94. The summed E-state index contributed by atoms with van der Waals surface area (Å²) in [6.07, 6.45) is 2.69. The van der Waals surface area contributed by atoms with Crippen LogP contribution in [0.3, 0.4) is 0 Å². The van der Waals surface area contributed by atoms with Crippen LogP contribution in [-0.4, -0.2) is 19.4 Å². The van der Waals surface area contributed by atoms with Crippen LogP contribution in [0.25, 0.3) is 0 Å². The highest BCUT2D eigenvalue weighted by molar-refractivity contribution is 5.35. The topological polar surface area (TPSA) is 18.5 Å². The normalized spacial score (nSPS) is 11.9. The van der Waals surface area contributed by atoms with E-state index in [1.54, 1.807) is 0 Å². The Labute approximate surface area is 129 Å². The SMILES string of the molecule is CC(C)=CCCCOc1ccc(OCCC(C)F)c(F)c1F. The molecule has 1 rings (SSSR count). The summed E-state index contributed by atoms with van der Waals surface area (Å²) in [5.41, 5.74) is 1.21. The summed E-state index contributed by atoms with van der Waals surface area (Å²) in [7, 11) is 0. The Morgan fingerprint density at radius 3 is 2.14 bits per heavy atom. The van der Waals surface area contributed by atoms with Crippen LogP contribution in [0.1, 0.15) is 40.0 Å². The van der Waals surface area contributed by atoms with Crippen LogP contribution < -0.4 is 9.47 Å². The molecular formula is C17H23F3O2. The van der Waals surface area contributed by atoms with E-state index in [-0.39, 0.29) is 24.5 Å². The first-order chi connectivity index (χ1) is 10.4. The largest absolute Gasteiger partial charge is 0.490 e. The van der Waals surface area contributed by atoms with E-state index < -0.39 is 17.8 Å². The Hall–Kier alpha value is -1.65. The van der Waals surface area contributed by atoms with Gasteiger partial charge in [-0.05, 0) is 45.7 Å². The molecular weight excluding hydrogens is 293 g/mol. The molecule has 0 amide bonds. The van der Waals surface area contributed by atoms with Crippen molar-refractivity contribution in [3.63, 3.8) is 0 Å². The van der Waals surface area contributed by atoms with E-state index >= 15 is 0 Å². The Balaban J connectivity index is 2.52. The average molecular weight is 316 g/mol. The quantitative estimate of drug-likeness (QED) is 0.459. The molecule has 0 radical (unpaired) electrons. The van der Waals surface area contributed by atoms with E-state index in [2.05, 4.69) is 6.08 Å². The number of allylic oxidation sites excluding steroid dienone is 2. The predicted octanol–water partition coefficient (Wildman–Crippen LogP) is 5.22. The van der Waals surface area contributed by atoms with E-state index in [0.29, 0.717) is 6.61 Å². The number of halogens is 3. The van der Waals surface area contributed by atoms with Gasteiger partial charge >= 0.3 is 0 Å². The molecule has 0 aliphatic carbocycles. The first kappa shape index (κ1) is 18.4. The Morgan fingerprint density at radius 1 is 1.09 bits per heavy atom. The lowest BCUT2D eigenvalue weighted by Gasteiger charge is -2.11. The van der Waals surface area contributed by atoms with Crippen LogP contribution in [-0.2, 0) is 0 Å². The lowest BCUT2D eigenvalue weighted by atomic mass is 10.2. The van der Waals surface area contributed by atoms with Gasteiger partial charge in [0.2, 0.25) is 11.6 Å². The molecule has 22 heavy (non-hydrogen) atoms. The van der Waals surface area contributed by atoms with Crippen molar-refractivity contribution < 1.29 is 22.6 Å². The standard InChI is InChI=1S/C17H23F3O2/c1-12(2)6-4-5-10-21-14-7-8-15(17(20)16(14)19)22-11-9-13(3)18/h6-8,13H,4-5,9-11H2,1-3H3. The molecule has 0 aromatic heterocycles. The van der Waals surface area contributed by atoms with E-state index in [1.807, 2.05) is 13.8 Å². The minimum atomic E-state index is -1.10. The first-order valence-electron chi connectivity index (χ1n) is 7.42. The lowest BCUT2D eigenvalue weighted by molar-refractivity contribution is 0.234. The summed E-state index contributed by atoms with van der Waals surface area (Å²) < 4.78 is 50.5. The maximum Gasteiger partial charge on any atom is 0.204 e. The maximum absolute atomic E-state index is 13.8. The van der Waals surface area contributed by atoms with Gasteiger partial charge in [0.05, 0.1) is 13.2 Å². The van der Waals surface area contributed by atoms with Gasteiger partial charge in [0.25, 0.3) is 0 Å². The van der Waals surface area contributed by atoms with E-state index in [1.165, 1.54) is 24.6 Å². The molecule has 0 fully saturated rings. The zero-order valence-corrected chi connectivity index (χ0v) is 13.3. The second kappa shape index (κ2) is 9.38. The highest BCUT2D eigenvalue weighted by Gasteiger charge is 2.15. The molecule has 0 saturated carbocycles. The second-order valence-corrected chi connectivity index (χ2v) is 5.38. The van der Waals surface area contributed by atoms with Gasteiger partial charge in [0, 0.05) is 6.42 Å². The molecule has 0 spiro atoms. The summed E-state index contributed by atoms with van der Waals surface area (Å²) >= 11 is 0. The van der Waals surface area contributed by atoms with Gasteiger partial charge in [-0.25, -0.2) is 4.39 Å². The van der Waals surface area contributed by atoms with Gasteiger partial charge in [0.1, 0.15) is 6.17 Å². The fourth-order valence-corrected chi connectivity index (χ4v) is 1.72. The highest BCUT2D eigenvalue weighted by Crippen LogP contribution is 2.28. The summed E-state index contributed by atoms with van der Waals surface area (Å²) in [5.74, 6) is -2.54. The number of ether oxygens (including phenoxy) is 2. The van der Waals surface area contributed by atoms with Crippen molar-refractivity contribution in [1.29, 1.82) is 0 Å².